The zero-order valence-electron chi connectivity index (χ0n) is 6.67. The molecule has 70 valence electrons. The van der Waals surface area contributed by atoms with Gasteiger partial charge >= 0.3 is 0 Å². The van der Waals surface area contributed by atoms with Crippen LogP contribution in [0.4, 0.5) is 8.78 Å². The van der Waals surface area contributed by atoms with Crippen LogP contribution in [0.3, 0.4) is 0 Å². The van der Waals surface area contributed by atoms with Crippen molar-refractivity contribution in [2.75, 3.05) is 0 Å². The number of nitrogens with zero attached hydrogens (tertiary/aromatic N) is 1. The van der Waals surface area contributed by atoms with Gasteiger partial charge in [0.2, 0.25) is 0 Å². The number of benzene rings is 1. The van der Waals surface area contributed by atoms with Crippen molar-refractivity contribution in [2.45, 2.75) is 6.42 Å². The van der Waals surface area contributed by atoms with Crippen molar-refractivity contribution < 1.29 is 14.0 Å². The van der Waals surface area contributed by atoms with Gasteiger partial charge in [0.15, 0.2) is 0 Å². The highest BCUT2D eigenvalue weighted by molar-refractivity contribution is 5.82. The molecule has 0 saturated heterocycles. The molecule has 5 heteroatoms. The van der Waals surface area contributed by atoms with E-state index in [-0.39, 0.29) is 17.8 Å². The van der Waals surface area contributed by atoms with Crippen LogP contribution in [-0.4, -0.2) is 11.0 Å². The van der Waals surface area contributed by atoms with E-state index in [1.807, 2.05) is 0 Å². The Labute approximate surface area is 73.5 Å². The van der Waals surface area contributed by atoms with Gasteiger partial charge in [0, 0.05) is 6.42 Å². The highest BCUT2D eigenvalue weighted by Gasteiger charge is 2.05. The Hall–Kier alpha value is -1.65. The van der Waals surface area contributed by atoms with E-state index in [0.29, 0.717) is 0 Å². The summed E-state index contributed by atoms with van der Waals surface area (Å²) < 4.78 is 25.5. The summed E-state index contributed by atoms with van der Waals surface area (Å²) in [7, 11) is 0. The first-order valence-corrected chi connectivity index (χ1v) is 3.54. The molecule has 0 spiro atoms. The molecule has 1 aromatic carbocycles. The average molecular weight is 186 g/mol. The standard InChI is InChI=1S/C8H8F2N2O/c9-6-1-2-7(10)5(3-6)4-8(11)12-13/h1-3,13H,4H2,(H2,11,12). The maximum Gasteiger partial charge on any atom is 0.143 e. The minimum Gasteiger partial charge on any atom is -0.409 e. The number of oxime groups is 1. The summed E-state index contributed by atoms with van der Waals surface area (Å²) in [6, 6.07) is 3.01. The summed E-state index contributed by atoms with van der Waals surface area (Å²) in [6.07, 6.45) is -0.111. The van der Waals surface area contributed by atoms with Gasteiger partial charge in [0.1, 0.15) is 17.5 Å². The first-order chi connectivity index (χ1) is 6.13. The molecule has 0 heterocycles. The third-order valence-electron chi connectivity index (χ3n) is 1.51. The monoisotopic (exact) mass is 186 g/mol. The minimum atomic E-state index is -0.576. The van der Waals surface area contributed by atoms with E-state index >= 15 is 0 Å². The van der Waals surface area contributed by atoms with Gasteiger partial charge in [-0.1, -0.05) is 5.16 Å². The molecular weight excluding hydrogens is 178 g/mol. The van der Waals surface area contributed by atoms with Crippen molar-refractivity contribution in [3.8, 4) is 0 Å². The molecule has 0 atom stereocenters. The zero-order chi connectivity index (χ0) is 9.84. The smallest absolute Gasteiger partial charge is 0.143 e. The summed E-state index contributed by atoms with van der Waals surface area (Å²) in [4.78, 5) is 0. The summed E-state index contributed by atoms with van der Waals surface area (Å²) in [5, 5.41) is 10.9. The molecule has 0 aromatic heterocycles. The molecule has 0 saturated carbocycles. The molecule has 1 aromatic rings. The molecular formula is C8H8F2N2O. The predicted molar refractivity (Wildman–Crippen MR) is 43.5 cm³/mol. The third-order valence-corrected chi connectivity index (χ3v) is 1.51. The predicted octanol–water partition coefficient (Wildman–Crippen LogP) is 1.25. The van der Waals surface area contributed by atoms with Crippen LogP contribution < -0.4 is 5.73 Å². The Morgan fingerprint density at radius 1 is 1.46 bits per heavy atom. The highest BCUT2D eigenvalue weighted by Crippen LogP contribution is 2.09. The fourth-order valence-electron chi connectivity index (χ4n) is 0.909. The molecule has 0 bridgehead atoms. The fraction of sp³-hybridized carbons (Fsp3) is 0.125. The van der Waals surface area contributed by atoms with Crippen molar-refractivity contribution in [1.29, 1.82) is 0 Å². The molecule has 1 rings (SSSR count). The van der Waals surface area contributed by atoms with Crippen LogP contribution in [0.25, 0.3) is 0 Å². The second-order valence-corrected chi connectivity index (χ2v) is 2.50. The molecule has 0 amide bonds. The van der Waals surface area contributed by atoms with Crippen molar-refractivity contribution in [3.05, 3.63) is 35.4 Å². The van der Waals surface area contributed by atoms with Gasteiger partial charge in [-0.3, -0.25) is 0 Å². The molecule has 0 aliphatic heterocycles. The van der Waals surface area contributed by atoms with E-state index < -0.39 is 11.6 Å². The third kappa shape index (κ3) is 2.40. The van der Waals surface area contributed by atoms with Gasteiger partial charge in [0.05, 0.1) is 0 Å². The lowest BCUT2D eigenvalue weighted by Gasteiger charge is -2.01. The Balaban J connectivity index is 2.94. The van der Waals surface area contributed by atoms with Crippen molar-refractivity contribution >= 4 is 5.84 Å². The average Bonchev–Trinajstić information content (AvgIpc) is 2.11. The second-order valence-electron chi connectivity index (χ2n) is 2.50. The molecule has 13 heavy (non-hydrogen) atoms. The van der Waals surface area contributed by atoms with Crippen LogP contribution in [0.5, 0.6) is 0 Å². The van der Waals surface area contributed by atoms with E-state index in [9.17, 15) is 8.78 Å². The maximum atomic E-state index is 12.9. The second kappa shape index (κ2) is 3.84. The fourth-order valence-corrected chi connectivity index (χ4v) is 0.909. The first kappa shape index (κ1) is 9.44. The van der Waals surface area contributed by atoms with Gasteiger partial charge in [0.25, 0.3) is 0 Å². The topological polar surface area (TPSA) is 58.6 Å². The summed E-state index contributed by atoms with van der Waals surface area (Å²) in [5.41, 5.74) is 5.20. The van der Waals surface area contributed by atoms with Crippen molar-refractivity contribution in [3.63, 3.8) is 0 Å². The lowest BCUT2D eigenvalue weighted by atomic mass is 10.1. The number of hydrogen-bond donors (Lipinski definition) is 2. The van der Waals surface area contributed by atoms with E-state index in [4.69, 9.17) is 10.9 Å². The Kier molecular flexibility index (Phi) is 2.79. The highest BCUT2D eigenvalue weighted by atomic mass is 19.1. The van der Waals surface area contributed by atoms with Crippen LogP contribution in [0.2, 0.25) is 0 Å². The molecule has 0 fully saturated rings. The van der Waals surface area contributed by atoms with Crippen LogP contribution in [-0.2, 0) is 6.42 Å². The van der Waals surface area contributed by atoms with E-state index in [2.05, 4.69) is 5.16 Å². The van der Waals surface area contributed by atoms with Crippen LogP contribution >= 0.6 is 0 Å². The number of halogens is 2. The van der Waals surface area contributed by atoms with Crippen LogP contribution in [0.15, 0.2) is 23.4 Å². The molecule has 0 aliphatic rings. The number of rotatable bonds is 2. The van der Waals surface area contributed by atoms with Crippen molar-refractivity contribution in [2.24, 2.45) is 10.9 Å². The summed E-state index contributed by atoms with van der Waals surface area (Å²) in [6.45, 7) is 0. The largest absolute Gasteiger partial charge is 0.409 e. The lowest BCUT2D eigenvalue weighted by Crippen LogP contribution is -2.15. The van der Waals surface area contributed by atoms with E-state index in [1.165, 1.54) is 0 Å². The number of hydrogen-bond acceptors (Lipinski definition) is 2. The normalized spacial score (nSPS) is 11.7. The quantitative estimate of drug-likeness (QED) is 0.316. The van der Waals surface area contributed by atoms with Crippen molar-refractivity contribution in [1.82, 2.24) is 0 Å². The van der Waals surface area contributed by atoms with Crippen LogP contribution in [0.1, 0.15) is 5.56 Å². The van der Waals surface area contributed by atoms with Gasteiger partial charge in [-0.15, -0.1) is 0 Å². The minimum absolute atomic E-state index is 0.0651. The molecule has 3 N–H and O–H groups in total. The molecule has 3 nitrogen and oxygen atoms in total. The van der Waals surface area contributed by atoms with Crippen LogP contribution in [0, 0.1) is 11.6 Å². The van der Waals surface area contributed by atoms with E-state index in [0.717, 1.165) is 18.2 Å². The van der Waals surface area contributed by atoms with Gasteiger partial charge < -0.3 is 10.9 Å². The lowest BCUT2D eigenvalue weighted by molar-refractivity contribution is 0.317. The van der Waals surface area contributed by atoms with Gasteiger partial charge in [-0.05, 0) is 23.8 Å². The zero-order valence-corrected chi connectivity index (χ0v) is 6.67. The first-order valence-electron chi connectivity index (χ1n) is 3.54. The molecule has 0 aliphatic carbocycles. The Bertz CT molecular complexity index is 339. The Morgan fingerprint density at radius 3 is 2.77 bits per heavy atom. The molecule has 0 radical (unpaired) electrons. The SMILES string of the molecule is N/C(Cc1cc(F)ccc1F)=N\O. The molecule has 0 unspecified atom stereocenters. The van der Waals surface area contributed by atoms with Gasteiger partial charge in [-0.2, -0.15) is 0 Å². The summed E-state index contributed by atoms with van der Waals surface area (Å²) in [5.74, 6) is -1.29. The number of amidine groups is 1. The van der Waals surface area contributed by atoms with E-state index in [1.54, 1.807) is 0 Å². The maximum absolute atomic E-state index is 12.9. The number of nitrogens with two attached hydrogens (primary N) is 1. The summed E-state index contributed by atoms with van der Waals surface area (Å²) >= 11 is 0. The van der Waals surface area contributed by atoms with Gasteiger partial charge in [-0.25, -0.2) is 8.78 Å². The Morgan fingerprint density at radius 2 is 2.15 bits per heavy atom.